The van der Waals surface area contributed by atoms with E-state index in [1.54, 1.807) is 6.20 Å². The van der Waals surface area contributed by atoms with Crippen LogP contribution in [0.25, 0.3) is 0 Å². The average Bonchev–Trinajstić information content (AvgIpc) is 2.41. The van der Waals surface area contributed by atoms with Crippen LogP contribution in [0.1, 0.15) is 11.7 Å². The van der Waals surface area contributed by atoms with Gasteiger partial charge in [-0.3, -0.25) is 9.88 Å². The molecule has 1 aromatic rings. The summed E-state index contributed by atoms with van der Waals surface area (Å²) in [4.78, 5) is 17.5. The lowest BCUT2D eigenvalue weighted by Crippen LogP contribution is -2.45. The molecular formula is C12H18N4O2. The van der Waals surface area contributed by atoms with Crippen LogP contribution in [-0.2, 0) is 4.74 Å². The minimum absolute atomic E-state index is 0.0441. The molecule has 18 heavy (non-hydrogen) atoms. The minimum atomic E-state index is -0.510. The Kier molecular flexibility index (Phi) is 4.49. The van der Waals surface area contributed by atoms with E-state index in [0.717, 1.165) is 18.8 Å². The number of pyridine rings is 1. The highest BCUT2D eigenvalue weighted by molar-refractivity contribution is 5.71. The summed E-state index contributed by atoms with van der Waals surface area (Å²) in [5.41, 5.74) is 6.07. The van der Waals surface area contributed by atoms with Crippen molar-refractivity contribution < 1.29 is 9.53 Å². The van der Waals surface area contributed by atoms with Gasteiger partial charge in [0.25, 0.3) is 0 Å². The third kappa shape index (κ3) is 3.41. The lowest BCUT2D eigenvalue weighted by atomic mass is 10.1. The Labute approximate surface area is 106 Å². The molecule has 2 amide bonds. The Bertz CT molecular complexity index is 379. The Morgan fingerprint density at radius 3 is 2.89 bits per heavy atom. The molecule has 1 aromatic heterocycles. The molecule has 0 aliphatic carbocycles. The highest BCUT2D eigenvalue weighted by Crippen LogP contribution is 2.18. The first-order chi connectivity index (χ1) is 8.77. The van der Waals surface area contributed by atoms with Crippen molar-refractivity contribution in [2.45, 2.75) is 6.04 Å². The molecule has 2 heterocycles. The van der Waals surface area contributed by atoms with Crippen molar-refractivity contribution in [1.29, 1.82) is 0 Å². The van der Waals surface area contributed by atoms with Gasteiger partial charge in [0.2, 0.25) is 0 Å². The molecule has 1 aliphatic rings. The number of carbonyl (C=O) groups is 1. The SMILES string of the molecule is NC(=O)NCC(c1ccccn1)N1CCOCC1. The first-order valence-corrected chi connectivity index (χ1v) is 6.03. The number of nitrogens with one attached hydrogen (secondary N) is 1. The van der Waals surface area contributed by atoms with Crippen molar-refractivity contribution >= 4 is 6.03 Å². The molecule has 0 bridgehead atoms. The van der Waals surface area contributed by atoms with Crippen molar-refractivity contribution in [3.05, 3.63) is 30.1 Å². The second-order valence-electron chi connectivity index (χ2n) is 4.16. The first kappa shape index (κ1) is 12.8. The van der Waals surface area contributed by atoms with Crippen LogP contribution in [0.3, 0.4) is 0 Å². The van der Waals surface area contributed by atoms with E-state index in [1.165, 1.54) is 0 Å². The predicted molar refractivity (Wildman–Crippen MR) is 67.0 cm³/mol. The van der Waals surface area contributed by atoms with Crippen molar-refractivity contribution in [3.63, 3.8) is 0 Å². The number of rotatable bonds is 4. The molecule has 6 heteroatoms. The van der Waals surface area contributed by atoms with Crippen molar-refractivity contribution in [2.24, 2.45) is 5.73 Å². The lowest BCUT2D eigenvalue weighted by Gasteiger charge is -2.34. The number of aromatic nitrogens is 1. The molecular weight excluding hydrogens is 232 g/mol. The number of urea groups is 1. The van der Waals surface area contributed by atoms with Gasteiger partial charge in [-0.2, -0.15) is 0 Å². The van der Waals surface area contributed by atoms with E-state index in [9.17, 15) is 4.79 Å². The summed E-state index contributed by atoms with van der Waals surface area (Å²) >= 11 is 0. The fourth-order valence-corrected chi connectivity index (χ4v) is 2.08. The van der Waals surface area contributed by atoms with Crippen LogP contribution in [0.5, 0.6) is 0 Å². The van der Waals surface area contributed by atoms with Gasteiger partial charge in [-0.05, 0) is 12.1 Å². The molecule has 2 rings (SSSR count). The summed E-state index contributed by atoms with van der Waals surface area (Å²) in [7, 11) is 0. The van der Waals surface area contributed by atoms with Gasteiger partial charge in [0.1, 0.15) is 0 Å². The van der Waals surface area contributed by atoms with E-state index in [2.05, 4.69) is 15.2 Å². The molecule has 1 fully saturated rings. The van der Waals surface area contributed by atoms with E-state index in [4.69, 9.17) is 10.5 Å². The van der Waals surface area contributed by atoms with Gasteiger partial charge in [0, 0.05) is 25.8 Å². The van der Waals surface area contributed by atoms with Crippen LogP contribution < -0.4 is 11.1 Å². The van der Waals surface area contributed by atoms with E-state index in [-0.39, 0.29) is 6.04 Å². The number of morpholine rings is 1. The molecule has 98 valence electrons. The Hall–Kier alpha value is -1.66. The molecule has 1 aliphatic heterocycles. The monoisotopic (exact) mass is 250 g/mol. The summed E-state index contributed by atoms with van der Waals surface area (Å²) in [6.45, 7) is 3.55. The Morgan fingerprint density at radius 2 is 2.28 bits per heavy atom. The lowest BCUT2D eigenvalue weighted by molar-refractivity contribution is 0.0159. The van der Waals surface area contributed by atoms with Crippen LogP contribution in [0.4, 0.5) is 4.79 Å². The van der Waals surface area contributed by atoms with Crippen LogP contribution in [0.15, 0.2) is 24.4 Å². The summed E-state index contributed by atoms with van der Waals surface area (Å²) in [6.07, 6.45) is 1.76. The number of primary amides is 1. The second kappa shape index (κ2) is 6.32. The van der Waals surface area contributed by atoms with E-state index in [1.807, 2.05) is 18.2 Å². The zero-order valence-corrected chi connectivity index (χ0v) is 10.2. The maximum atomic E-state index is 10.9. The second-order valence-corrected chi connectivity index (χ2v) is 4.16. The summed E-state index contributed by atoms with van der Waals surface area (Å²) in [5.74, 6) is 0. The van der Waals surface area contributed by atoms with Gasteiger partial charge >= 0.3 is 6.03 Å². The zero-order chi connectivity index (χ0) is 12.8. The smallest absolute Gasteiger partial charge is 0.312 e. The number of hydrogen-bond acceptors (Lipinski definition) is 4. The topological polar surface area (TPSA) is 80.5 Å². The van der Waals surface area contributed by atoms with Crippen LogP contribution >= 0.6 is 0 Å². The molecule has 1 saturated heterocycles. The molecule has 0 saturated carbocycles. The highest BCUT2D eigenvalue weighted by atomic mass is 16.5. The fourth-order valence-electron chi connectivity index (χ4n) is 2.08. The number of amides is 2. The fraction of sp³-hybridized carbons (Fsp3) is 0.500. The van der Waals surface area contributed by atoms with Gasteiger partial charge in [-0.1, -0.05) is 6.07 Å². The predicted octanol–water partition coefficient (Wildman–Crippen LogP) is 0.123. The van der Waals surface area contributed by atoms with Crippen molar-refractivity contribution in [1.82, 2.24) is 15.2 Å². The van der Waals surface area contributed by atoms with Crippen LogP contribution in [-0.4, -0.2) is 48.8 Å². The van der Waals surface area contributed by atoms with Crippen molar-refractivity contribution in [2.75, 3.05) is 32.8 Å². The summed E-state index contributed by atoms with van der Waals surface area (Å²) in [5, 5.41) is 2.66. The van der Waals surface area contributed by atoms with E-state index >= 15 is 0 Å². The van der Waals surface area contributed by atoms with Crippen LogP contribution in [0, 0.1) is 0 Å². The molecule has 1 atom stereocenters. The van der Waals surface area contributed by atoms with Gasteiger partial charge in [0.15, 0.2) is 0 Å². The number of hydrogen-bond donors (Lipinski definition) is 2. The summed E-state index contributed by atoms with van der Waals surface area (Å²) in [6, 6.07) is 5.32. The van der Waals surface area contributed by atoms with Crippen LogP contribution in [0.2, 0.25) is 0 Å². The summed E-state index contributed by atoms with van der Waals surface area (Å²) < 4.78 is 5.34. The largest absolute Gasteiger partial charge is 0.379 e. The van der Waals surface area contributed by atoms with Crippen molar-refractivity contribution in [3.8, 4) is 0 Å². The first-order valence-electron chi connectivity index (χ1n) is 6.03. The molecule has 6 nitrogen and oxygen atoms in total. The van der Waals surface area contributed by atoms with Gasteiger partial charge in [-0.25, -0.2) is 4.79 Å². The quantitative estimate of drug-likeness (QED) is 0.795. The average molecular weight is 250 g/mol. The Morgan fingerprint density at radius 1 is 1.50 bits per heavy atom. The number of nitrogens with zero attached hydrogens (tertiary/aromatic N) is 2. The zero-order valence-electron chi connectivity index (χ0n) is 10.2. The van der Waals surface area contributed by atoms with Gasteiger partial charge in [-0.15, -0.1) is 0 Å². The third-order valence-corrected chi connectivity index (χ3v) is 2.99. The Balaban J connectivity index is 2.08. The highest BCUT2D eigenvalue weighted by Gasteiger charge is 2.23. The minimum Gasteiger partial charge on any atom is -0.379 e. The van der Waals surface area contributed by atoms with E-state index in [0.29, 0.717) is 19.8 Å². The molecule has 3 N–H and O–H groups in total. The molecule has 0 spiro atoms. The molecule has 0 aromatic carbocycles. The number of ether oxygens (including phenoxy) is 1. The van der Waals surface area contributed by atoms with E-state index < -0.39 is 6.03 Å². The van der Waals surface area contributed by atoms with Gasteiger partial charge in [0.05, 0.1) is 24.9 Å². The normalized spacial score (nSPS) is 18.2. The number of carbonyl (C=O) groups excluding carboxylic acids is 1. The number of nitrogens with two attached hydrogens (primary N) is 1. The maximum absolute atomic E-state index is 10.9. The maximum Gasteiger partial charge on any atom is 0.312 e. The third-order valence-electron chi connectivity index (χ3n) is 2.99. The standard InChI is InChI=1S/C12H18N4O2/c13-12(17)15-9-11(10-3-1-2-4-14-10)16-5-7-18-8-6-16/h1-4,11H,5-9H2,(H3,13,15,17). The molecule has 0 radical (unpaired) electrons. The molecule has 1 unspecified atom stereocenters. The van der Waals surface area contributed by atoms with Gasteiger partial charge < -0.3 is 15.8 Å².